The molecule has 4 aromatic rings. The first-order valence-electron chi connectivity index (χ1n) is 11.7. The molecule has 0 radical (unpaired) electrons. The number of carbonyl (C=O) groups excluding carboxylic acids is 1. The summed E-state index contributed by atoms with van der Waals surface area (Å²) in [4.78, 5) is 17.7. The van der Waals surface area contributed by atoms with Crippen molar-refractivity contribution in [3.63, 3.8) is 0 Å². The van der Waals surface area contributed by atoms with E-state index in [0.717, 1.165) is 5.56 Å². The van der Waals surface area contributed by atoms with Crippen molar-refractivity contribution in [2.24, 2.45) is 0 Å². The first-order valence-corrected chi connectivity index (χ1v) is 13.6. The summed E-state index contributed by atoms with van der Waals surface area (Å²) in [6.45, 7) is 3.01. The molecule has 5 rings (SSSR count). The van der Waals surface area contributed by atoms with Crippen molar-refractivity contribution in [1.29, 1.82) is 0 Å². The summed E-state index contributed by atoms with van der Waals surface area (Å²) >= 11 is 0. The second kappa shape index (κ2) is 9.26. The predicted octanol–water partition coefficient (Wildman–Crippen LogP) is 4.83. The highest BCUT2D eigenvalue weighted by Gasteiger charge is 2.39. The predicted molar refractivity (Wildman–Crippen MR) is 137 cm³/mol. The summed E-state index contributed by atoms with van der Waals surface area (Å²) in [5.74, 6) is -0.556. The number of fused-ring (bicyclic) bond motifs is 1. The van der Waals surface area contributed by atoms with E-state index < -0.39 is 27.6 Å². The Bertz CT molecular complexity index is 1600. The van der Waals surface area contributed by atoms with Gasteiger partial charge < -0.3 is 14.6 Å². The number of hydrogen-bond donors (Lipinski definition) is 1. The van der Waals surface area contributed by atoms with Crippen LogP contribution in [0.2, 0.25) is 0 Å². The minimum atomic E-state index is -3.20. The van der Waals surface area contributed by atoms with Crippen LogP contribution in [-0.4, -0.2) is 47.3 Å². The van der Waals surface area contributed by atoms with Gasteiger partial charge in [0.05, 0.1) is 33.6 Å². The Hall–Kier alpha value is -3.79. The molecule has 2 aromatic carbocycles. The topological polar surface area (TPSA) is 90.3 Å². The highest BCUT2D eigenvalue weighted by atomic mass is 32.2. The van der Waals surface area contributed by atoms with Crippen LogP contribution in [0.25, 0.3) is 27.8 Å². The summed E-state index contributed by atoms with van der Waals surface area (Å²) in [6.07, 6.45) is 2.11. The van der Waals surface area contributed by atoms with Gasteiger partial charge in [-0.25, -0.2) is 17.2 Å². The van der Waals surface area contributed by atoms with Crippen molar-refractivity contribution in [3.05, 3.63) is 78.4 Å². The van der Waals surface area contributed by atoms with Gasteiger partial charge >= 0.3 is 0 Å². The summed E-state index contributed by atoms with van der Waals surface area (Å²) in [5, 5.41) is 2.85. The highest BCUT2D eigenvalue weighted by molar-refractivity contribution is 7.91. The number of aromatic nitrogens is 2. The summed E-state index contributed by atoms with van der Waals surface area (Å²) in [5.41, 5.74) is 2.63. The summed E-state index contributed by atoms with van der Waals surface area (Å²) in [6, 6.07) is 14.5. The third kappa shape index (κ3) is 5.20. The number of halogens is 2. The molecule has 1 N–H and O–H groups in total. The van der Waals surface area contributed by atoms with E-state index in [0.29, 0.717) is 34.5 Å². The summed E-state index contributed by atoms with van der Waals surface area (Å²) in [7, 11) is -3.20. The largest absolute Gasteiger partial charge is 0.461 e. The zero-order valence-corrected chi connectivity index (χ0v) is 21.1. The number of nitrogens with zero attached hydrogens (tertiary/aromatic N) is 2. The summed E-state index contributed by atoms with van der Waals surface area (Å²) < 4.78 is 58.0. The number of ether oxygens (including phenoxy) is 1. The van der Waals surface area contributed by atoms with Gasteiger partial charge in [-0.1, -0.05) is 12.1 Å². The van der Waals surface area contributed by atoms with E-state index in [1.165, 1.54) is 25.3 Å². The fourth-order valence-electron chi connectivity index (χ4n) is 4.63. The first-order chi connectivity index (χ1) is 17.5. The van der Waals surface area contributed by atoms with Crippen LogP contribution in [0, 0.1) is 5.82 Å². The zero-order chi connectivity index (χ0) is 26.4. The monoisotopic (exact) mass is 525 g/mol. The molecule has 1 unspecified atom stereocenters. The van der Waals surface area contributed by atoms with E-state index in [-0.39, 0.29) is 22.9 Å². The fraction of sp³-hybridized carbons (Fsp3) is 0.259. The average molecular weight is 526 g/mol. The number of pyridine rings is 1. The van der Waals surface area contributed by atoms with Crippen LogP contribution >= 0.6 is 0 Å². The van der Waals surface area contributed by atoms with E-state index in [1.807, 2.05) is 12.3 Å². The molecular weight excluding hydrogens is 500 g/mol. The molecule has 0 spiro atoms. The Morgan fingerprint density at radius 2 is 1.95 bits per heavy atom. The first kappa shape index (κ1) is 24.9. The number of alkyl halides is 1. The maximum Gasteiger partial charge on any atom is 0.253 e. The van der Waals surface area contributed by atoms with Crippen LogP contribution in [0.4, 0.5) is 8.78 Å². The van der Waals surface area contributed by atoms with Crippen molar-refractivity contribution in [1.82, 2.24) is 14.9 Å². The SMILES string of the molecule is CC(F)Oc1cccc(-c2cn(-c3ccc(F)cc3)c3cc(C(=O)N[C@@]4(C)CCS(=O)(=O)C4)cnc23)c1. The Balaban J connectivity index is 1.59. The molecule has 0 aliphatic carbocycles. The lowest BCUT2D eigenvalue weighted by Gasteiger charge is -2.23. The number of hydrogen-bond acceptors (Lipinski definition) is 5. The quantitative estimate of drug-likeness (QED) is 0.389. The van der Waals surface area contributed by atoms with Crippen molar-refractivity contribution in [2.75, 3.05) is 11.5 Å². The lowest BCUT2D eigenvalue weighted by molar-refractivity contribution is 0.0860. The molecule has 10 heteroatoms. The number of carbonyl (C=O) groups is 1. The van der Waals surface area contributed by atoms with Gasteiger partial charge in [-0.15, -0.1) is 0 Å². The molecule has 1 aliphatic heterocycles. The molecule has 192 valence electrons. The highest BCUT2D eigenvalue weighted by Crippen LogP contribution is 2.34. The lowest BCUT2D eigenvalue weighted by Crippen LogP contribution is -2.46. The van der Waals surface area contributed by atoms with E-state index in [1.54, 1.807) is 47.9 Å². The lowest BCUT2D eigenvalue weighted by atomic mass is 10.0. The van der Waals surface area contributed by atoms with Gasteiger partial charge in [-0.3, -0.25) is 9.78 Å². The Kier molecular flexibility index (Phi) is 6.23. The second-order valence-electron chi connectivity index (χ2n) is 9.53. The smallest absolute Gasteiger partial charge is 0.253 e. The molecule has 1 amide bonds. The van der Waals surface area contributed by atoms with Crippen LogP contribution in [-0.2, 0) is 9.84 Å². The fourth-order valence-corrected chi connectivity index (χ4v) is 6.73. The number of nitrogens with one attached hydrogen (secondary N) is 1. The molecule has 3 heterocycles. The Labute approximate surface area is 213 Å². The molecule has 0 saturated carbocycles. The Morgan fingerprint density at radius 1 is 1.19 bits per heavy atom. The van der Waals surface area contributed by atoms with Gasteiger partial charge in [-0.05, 0) is 61.4 Å². The van der Waals surface area contributed by atoms with Gasteiger partial charge in [0.2, 0.25) is 6.36 Å². The van der Waals surface area contributed by atoms with Crippen molar-refractivity contribution >= 4 is 26.8 Å². The number of amides is 1. The maximum atomic E-state index is 13.6. The van der Waals surface area contributed by atoms with E-state index in [9.17, 15) is 22.0 Å². The minimum absolute atomic E-state index is 0.0296. The molecule has 1 fully saturated rings. The third-order valence-corrected chi connectivity index (χ3v) is 8.27. The molecule has 7 nitrogen and oxygen atoms in total. The van der Waals surface area contributed by atoms with Gasteiger partial charge in [0.1, 0.15) is 11.6 Å². The molecule has 2 aromatic heterocycles. The van der Waals surface area contributed by atoms with Crippen LogP contribution in [0.3, 0.4) is 0 Å². The normalized spacial score (nSPS) is 19.6. The van der Waals surface area contributed by atoms with Gasteiger partial charge in [-0.2, -0.15) is 0 Å². The van der Waals surface area contributed by atoms with Crippen molar-refractivity contribution < 1.29 is 26.7 Å². The molecule has 0 bridgehead atoms. The van der Waals surface area contributed by atoms with E-state index in [4.69, 9.17) is 4.74 Å². The molecule has 2 atom stereocenters. The van der Waals surface area contributed by atoms with E-state index >= 15 is 0 Å². The molecule has 37 heavy (non-hydrogen) atoms. The van der Waals surface area contributed by atoms with Crippen LogP contribution < -0.4 is 10.1 Å². The van der Waals surface area contributed by atoms with Crippen molar-refractivity contribution in [2.45, 2.75) is 32.2 Å². The Morgan fingerprint density at radius 3 is 2.62 bits per heavy atom. The minimum Gasteiger partial charge on any atom is -0.461 e. The molecule has 1 saturated heterocycles. The van der Waals surface area contributed by atoms with Crippen LogP contribution in [0.15, 0.2) is 67.0 Å². The van der Waals surface area contributed by atoms with Crippen molar-refractivity contribution in [3.8, 4) is 22.6 Å². The average Bonchev–Trinajstić information content (AvgIpc) is 3.35. The standard InChI is InChI=1S/C27H25F2N3O4S/c1-17(28)36-22-5-3-4-18(12-22)23-15-32(21-8-6-20(29)7-9-21)24-13-19(14-30-25(23)24)26(33)31-27(2)10-11-37(34,35)16-27/h3-9,12-15,17H,10-11,16H2,1-2H3,(H,31,33)/t17?,27-/m0/s1. The number of sulfone groups is 1. The van der Waals surface area contributed by atoms with E-state index in [2.05, 4.69) is 10.3 Å². The second-order valence-corrected chi connectivity index (χ2v) is 11.7. The van der Waals surface area contributed by atoms with Crippen LogP contribution in [0.1, 0.15) is 30.6 Å². The molecular formula is C27H25F2N3O4S. The number of benzene rings is 2. The maximum absolute atomic E-state index is 13.6. The van der Waals surface area contributed by atoms with Gasteiger partial charge in [0, 0.05) is 30.6 Å². The number of rotatable bonds is 6. The van der Waals surface area contributed by atoms with Gasteiger partial charge in [0.25, 0.3) is 5.91 Å². The van der Waals surface area contributed by atoms with Crippen LogP contribution in [0.5, 0.6) is 5.75 Å². The van der Waals surface area contributed by atoms with Gasteiger partial charge in [0.15, 0.2) is 9.84 Å². The zero-order valence-electron chi connectivity index (χ0n) is 20.2. The third-order valence-electron chi connectivity index (χ3n) is 6.37. The molecule has 1 aliphatic rings.